The van der Waals surface area contributed by atoms with E-state index in [1.165, 1.54) is 12.1 Å². The van der Waals surface area contributed by atoms with Gasteiger partial charge >= 0.3 is 0 Å². The topological polar surface area (TPSA) is 82.2 Å². The summed E-state index contributed by atoms with van der Waals surface area (Å²) in [6.07, 6.45) is 3.30. The molecule has 0 spiro atoms. The van der Waals surface area contributed by atoms with Gasteiger partial charge in [0, 0.05) is 19.4 Å². The number of methoxy groups -OCH3 is 1. The highest BCUT2D eigenvalue weighted by Gasteiger charge is 2.17. The summed E-state index contributed by atoms with van der Waals surface area (Å²) in [6, 6.07) is 4.52. The molecular weight excluding hydrogens is 284 g/mol. The smallest absolute Gasteiger partial charge is 0.294 e. The summed E-state index contributed by atoms with van der Waals surface area (Å²) in [4.78, 5) is 10.5. The molecule has 2 rings (SSSR count). The van der Waals surface area contributed by atoms with Crippen molar-refractivity contribution < 1.29 is 9.66 Å². The van der Waals surface area contributed by atoms with E-state index in [2.05, 4.69) is 10.4 Å². The zero-order chi connectivity index (χ0) is 14.5. The molecule has 2 aromatic rings. The molecule has 0 atom stereocenters. The number of nitro benzene ring substituents is 1. The molecule has 106 valence electrons. The molecule has 8 heteroatoms. The Labute approximate surface area is 120 Å². The van der Waals surface area contributed by atoms with Gasteiger partial charge in [0.2, 0.25) is 0 Å². The van der Waals surface area contributed by atoms with Crippen molar-refractivity contribution in [2.75, 3.05) is 19.0 Å². The van der Waals surface area contributed by atoms with Gasteiger partial charge in [-0.1, -0.05) is 17.7 Å². The van der Waals surface area contributed by atoms with Crippen LogP contribution in [0.25, 0.3) is 0 Å². The Kier molecular flexibility index (Phi) is 4.54. The summed E-state index contributed by atoms with van der Waals surface area (Å²) < 4.78 is 6.63. The summed E-state index contributed by atoms with van der Waals surface area (Å²) in [6.45, 7) is 1.14. The van der Waals surface area contributed by atoms with E-state index in [9.17, 15) is 10.1 Å². The Balaban J connectivity index is 2.21. The standard InChI is InChI=1S/C12H13ClN4O3/c1-20-6-5-16-8-9(7-14-16)15-12-10(13)3-2-4-11(12)17(18)19/h2-4,7-8,15H,5-6H2,1H3. The van der Waals surface area contributed by atoms with Crippen LogP contribution in [0.2, 0.25) is 5.02 Å². The Morgan fingerprint density at radius 2 is 2.35 bits per heavy atom. The van der Waals surface area contributed by atoms with Crippen LogP contribution >= 0.6 is 11.6 Å². The Morgan fingerprint density at radius 3 is 3.05 bits per heavy atom. The van der Waals surface area contributed by atoms with Crippen molar-refractivity contribution in [1.82, 2.24) is 9.78 Å². The molecule has 0 saturated carbocycles. The van der Waals surface area contributed by atoms with Gasteiger partial charge in [-0.05, 0) is 6.07 Å². The minimum atomic E-state index is -0.483. The van der Waals surface area contributed by atoms with Crippen LogP contribution in [0.3, 0.4) is 0 Å². The number of para-hydroxylation sites is 1. The number of nitrogens with zero attached hydrogens (tertiary/aromatic N) is 3. The lowest BCUT2D eigenvalue weighted by Crippen LogP contribution is -2.04. The van der Waals surface area contributed by atoms with Crippen molar-refractivity contribution in [2.24, 2.45) is 0 Å². The molecule has 1 N–H and O–H groups in total. The first-order valence-electron chi connectivity index (χ1n) is 5.83. The Bertz CT molecular complexity index is 614. The van der Waals surface area contributed by atoms with E-state index < -0.39 is 4.92 Å². The van der Waals surface area contributed by atoms with E-state index >= 15 is 0 Å². The molecule has 0 amide bonds. The molecule has 0 aliphatic rings. The second-order valence-corrected chi connectivity index (χ2v) is 4.41. The van der Waals surface area contributed by atoms with E-state index in [0.29, 0.717) is 18.8 Å². The van der Waals surface area contributed by atoms with Crippen molar-refractivity contribution in [3.05, 3.63) is 45.7 Å². The van der Waals surface area contributed by atoms with Crippen molar-refractivity contribution >= 4 is 28.7 Å². The predicted octanol–water partition coefficient (Wildman–Crippen LogP) is 2.83. The molecule has 0 saturated heterocycles. The van der Waals surface area contributed by atoms with Gasteiger partial charge in [0.25, 0.3) is 5.69 Å². The fraction of sp³-hybridized carbons (Fsp3) is 0.250. The zero-order valence-corrected chi connectivity index (χ0v) is 11.5. The number of nitro groups is 1. The van der Waals surface area contributed by atoms with Gasteiger partial charge in [-0.25, -0.2) is 0 Å². The summed E-state index contributed by atoms with van der Waals surface area (Å²) in [5.41, 5.74) is 0.796. The van der Waals surface area contributed by atoms with E-state index in [1.54, 1.807) is 30.3 Å². The summed E-state index contributed by atoms with van der Waals surface area (Å²) in [5.74, 6) is 0. The average molecular weight is 297 g/mol. The molecule has 1 heterocycles. The van der Waals surface area contributed by atoms with Gasteiger partial charge in [0.05, 0.1) is 35.0 Å². The van der Waals surface area contributed by atoms with Crippen LogP contribution in [0.1, 0.15) is 0 Å². The van der Waals surface area contributed by atoms with Crippen molar-refractivity contribution in [3.8, 4) is 0 Å². The molecule has 0 unspecified atom stereocenters. The quantitative estimate of drug-likeness (QED) is 0.654. The maximum atomic E-state index is 11.0. The normalized spacial score (nSPS) is 10.5. The zero-order valence-electron chi connectivity index (χ0n) is 10.7. The van der Waals surface area contributed by atoms with Crippen LogP contribution in [0.15, 0.2) is 30.6 Å². The summed E-state index contributed by atoms with van der Waals surface area (Å²) in [5, 5.41) is 18.3. The van der Waals surface area contributed by atoms with Crippen LogP contribution in [0.5, 0.6) is 0 Å². The lowest BCUT2D eigenvalue weighted by Gasteiger charge is -2.06. The summed E-state index contributed by atoms with van der Waals surface area (Å²) in [7, 11) is 1.61. The van der Waals surface area contributed by atoms with Crippen LogP contribution < -0.4 is 5.32 Å². The van der Waals surface area contributed by atoms with Crippen LogP contribution in [0, 0.1) is 10.1 Å². The second-order valence-electron chi connectivity index (χ2n) is 4.00. The molecule has 20 heavy (non-hydrogen) atoms. The summed E-state index contributed by atoms with van der Waals surface area (Å²) >= 11 is 6.00. The minimum Gasteiger partial charge on any atom is -0.383 e. The first-order valence-corrected chi connectivity index (χ1v) is 6.21. The van der Waals surface area contributed by atoms with Crippen LogP contribution in [-0.4, -0.2) is 28.4 Å². The molecule has 7 nitrogen and oxygen atoms in total. The van der Waals surface area contributed by atoms with Gasteiger partial charge in [0.1, 0.15) is 5.69 Å². The van der Waals surface area contributed by atoms with E-state index in [0.717, 1.165) is 0 Å². The number of hydrogen-bond acceptors (Lipinski definition) is 5. The van der Waals surface area contributed by atoms with E-state index in [1.807, 2.05) is 0 Å². The predicted molar refractivity (Wildman–Crippen MR) is 75.5 cm³/mol. The molecule has 0 fully saturated rings. The minimum absolute atomic E-state index is 0.0814. The third-order valence-electron chi connectivity index (χ3n) is 2.62. The molecule has 0 radical (unpaired) electrons. The number of nitrogens with one attached hydrogen (secondary N) is 1. The molecule has 1 aromatic carbocycles. The van der Waals surface area contributed by atoms with E-state index in [-0.39, 0.29) is 16.4 Å². The molecular formula is C12H13ClN4O3. The number of ether oxygens (including phenoxy) is 1. The SMILES string of the molecule is COCCn1cc(Nc2c(Cl)cccc2[N+](=O)[O-])cn1. The number of rotatable bonds is 6. The molecule has 0 aliphatic carbocycles. The highest BCUT2D eigenvalue weighted by atomic mass is 35.5. The lowest BCUT2D eigenvalue weighted by atomic mass is 10.2. The van der Waals surface area contributed by atoms with Crippen LogP contribution in [0.4, 0.5) is 17.1 Å². The molecule has 0 bridgehead atoms. The fourth-order valence-electron chi connectivity index (χ4n) is 1.67. The number of halogens is 1. The maximum Gasteiger partial charge on any atom is 0.294 e. The van der Waals surface area contributed by atoms with Gasteiger partial charge in [-0.2, -0.15) is 5.10 Å². The van der Waals surface area contributed by atoms with Gasteiger partial charge in [-0.15, -0.1) is 0 Å². The van der Waals surface area contributed by atoms with Crippen molar-refractivity contribution in [3.63, 3.8) is 0 Å². The Hall–Kier alpha value is -2.12. The number of hydrogen-bond donors (Lipinski definition) is 1. The lowest BCUT2D eigenvalue weighted by molar-refractivity contribution is -0.383. The molecule has 0 aliphatic heterocycles. The maximum absolute atomic E-state index is 11.0. The van der Waals surface area contributed by atoms with Crippen LogP contribution in [-0.2, 0) is 11.3 Å². The average Bonchev–Trinajstić information content (AvgIpc) is 2.86. The van der Waals surface area contributed by atoms with Gasteiger partial charge < -0.3 is 10.1 Å². The Morgan fingerprint density at radius 1 is 1.55 bits per heavy atom. The van der Waals surface area contributed by atoms with Gasteiger partial charge in [-0.3, -0.25) is 14.8 Å². The number of anilines is 2. The highest BCUT2D eigenvalue weighted by molar-refractivity contribution is 6.33. The molecule has 1 aromatic heterocycles. The first-order chi connectivity index (χ1) is 9.61. The van der Waals surface area contributed by atoms with E-state index in [4.69, 9.17) is 16.3 Å². The third-order valence-corrected chi connectivity index (χ3v) is 2.93. The highest BCUT2D eigenvalue weighted by Crippen LogP contribution is 2.34. The van der Waals surface area contributed by atoms with Crippen molar-refractivity contribution in [1.29, 1.82) is 0 Å². The van der Waals surface area contributed by atoms with Crippen molar-refractivity contribution in [2.45, 2.75) is 6.54 Å². The second kappa shape index (κ2) is 6.36. The van der Waals surface area contributed by atoms with Gasteiger partial charge in [0.15, 0.2) is 0 Å². The first kappa shape index (κ1) is 14.3. The third kappa shape index (κ3) is 3.25. The largest absolute Gasteiger partial charge is 0.383 e. The number of aromatic nitrogens is 2. The monoisotopic (exact) mass is 296 g/mol. The fourth-order valence-corrected chi connectivity index (χ4v) is 1.89. The number of benzene rings is 1.